The first-order valence-corrected chi connectivity index (χ1v) is 12.8. The number of benzene rings is 1. The fourth-order valence-corrected chi connectivity index (χ4v) is 3.45. The first kappa shape index (κ1) is 32.5. The Bertz CT molecular complexity index is 816. The van der Waals surface area contributed by atoms with Crippen molar-refractivity contribution in [1.82, 2.24) is 0 Å². The zero-order chi connectivity index (χ0) is 28.3. The third-order valence-corrected chi connectivity index (χ3v) is 5.45. The highest BCUT2D eigenvalue weighted by Gasteiger charge is 2.18. The summed E-state index contributed by atoms with van der Waals surface area (Å²) >= 11 is 0. The standard InChI is InChI=1S/C27H41NO11/c1-3-33-13-23(29)15-36-19-26(38-17-24(30)14-34-4-2)20-37-16-25(31)18-39-27(32)21-5-7-22(8-6-21)28-9-11-35-12-10-28/h3-8,23-26,29-31H,1-2,9-20H2. The Balaban J connectivity index is 1.72. The Hall–Kier alpha value is -2.71. The molecule has 1 aromatic rings. The van der Waals surface area contributed by atoms with Gasteiger partial charge in [0.25, 0.3) is 0 Å². The van der Waals surface area contributed by atoms with Gasteiger partial charge in [-0.15, -0.1) is 0 Å². The molecule has 0 saturated carbocycles. The number of hydrogen-bond acceptors (Lipinski definition) is 12. The molecule has 12 heteroatoms. The van der Waals surface area contributed by atoms with Crippen molar-refractivity contribution < 1.29 is 53.3 Å². The maximum Gasteiger partial charge on any atom is 0.338 e. The number of ether oxygens (including phenoxy) is 7. The zero-order valence-corrected chi connectivity index (χ0v) is 22.2. The molecule has 0 bridgehead atoms. The van der Waals surface area contributed by atoms with E-state index >= 15 is 0 Å². The second kappa shape index (κ2) is 19.4. The number of rotatable bonds is 21. The molecule has 1 fully saturated rings. The molecule has 4 unspecified atom stereocenters. The highest BCUT2D eigenvalue weighted by molar-refractivity contribution is 5.89. The van der Waals surface area contributed by atoms with Crippen LogP contribution >= 0.6 is 0 Å². The number of morpholine rings is 1. The van der Waals surface area contributed by atoms with Crippen LogP contribution in [0.3, 0.4) is 0 Å². The lowest BCUT2D eigenvalue weighted by Gasteiger charge is -2.28. The van der Waals surface area contributed by atoms with Gasteiger partial charge in [0.2, 0.25) is 0 Å². The number of esters is 1. The highest BCUT2D eigenvalue weighted by atomic mass is 16.6. The van der Waals surface area contributed by atoms with Gasteiger partial charge in [-0.2, -0.15) is 0 Å². The van der Waals surface area contributed by atoms with Crippen molar-refractivity contribution in [2.45, 2.75) is 24.4 Å². The van der Waals surface area contributed by atoms with Gasteiger partial charge in [-0.05, 0) is 24.3 Å². The number of anilines is 1. The Morgan fingerprint density at radius 2 is 1.36 bits per heavy atom. The van der Waals surface area contributed by atoms with E-state index in [9.17, 15) is 20.1 Å². The van der Waals surface area contributed by atoms with Gasteiger partial charge in [0.15, 0.2) is 0 Å². The molecule has 0 amide bonds. The third kappa shape index (κ3) is 13.8. The fourth-order valence-electron chi connectivity index (χ4n) is 3.45. The van der Waals surface area contributed by atoms with Crippen molar-refractivity contribution in [3.63, 3.8) is 0 Å². The molecule has 39 heavy (non-hydrogen) atoms. The normalized spacial score (nSPS) is 16.5. The Morgan fingerprint density at radius 3 is 1.92 bits per heavy atom. The van der Waals surface area contributed by atoms with Crippen LogP contribution < -0.4 is 4.90 Å². The number of aliphatic hydroxyl groups is 3. The predicted molar refractivity (Wildman–Crippen MR) is 141 cm³/mol. The van der Waals surface area contributed by atoms with Crippen molar-refractivity contribution in [3.8, 4) is 0 Å². The molecule has 1 aliphatic rings. The molecule has 1 aromatic carbocycles. The summed E-state index contributed by atoms with van der Waals surface area (Å²) in [4.78, 5) is 14.5. The van der Waals surface area contributed by atoms with Gasteiger partial charge in [0.05, 0.1) is 64.3 Å². The van der Waals surface area contributed by atoms with Crippen LogP contribution in [0.25, 0.3) is 0 Å². The van der Waals surface area contributed by atoms with Crippen LogP contribution in [-0.2, 0) is 33.2 Å². The molecule has 220 valence electrons. The summed E-state index contributed by atoms with van der Waals surface area (Å²) in [5, 5.41) is 29.9. The van der Waals surface area contributed by atoms with Gasteiger partial charge in [-0.25, -0.2) is 4.79 Å². The van der Waals surface area contributed by atoms with Crippen molar-refractivity contribution >= 4 is 11.7 Å². The SMILES string of the molecule is C=COCC(O)COCC(COCC(O)COC(=O)c1ccc(N2CCOCC2)cc1)OCC(O)COC=C. The lowest BCUT2D eigenvalue weighted by atomic mass is 10.2. The van der Waals surface area contributed by atoms with E-state index in [4.69, 9.17) is 33.2 Å². The smallest absolute Gasteiger partial charge is 0.338 e. The summed E-state index contributed by atoms with van der Waals surface area (Å²) in [6.07, 6.45) is -0.994. The van der Waals surface area contributed by atoms with E-state index in [2.05, 4.69) is 18.1 Å². The van der Waals surface area contributed by atoms with Gasteiger partial charge in [-0.1, -0.05) is 13.2 Å². The summed E-state index contributed by atoms with van der Waals surface area (Å²) in [7, 11) is 0. The lowest BCUT2D eigenvalue weighted by Crippen LogP contribution is -2.36. The zero-order valence-electron chi connectivity index (χ0n) is 22.2. The molecule has 2 rings (SSSR count). The molecule has 0 aromatic heterocycles. The largest absolute Gasteiger partial charge is 0.499 e. The summed E-state index contributed by atoms with van der Waals surface area (Å²) in [6, 6.07) is 7.09. The minimum absolute atomic E-state index is 0.00949. The van der Waals surface area contributed by atoms with Crippen molar-refractivity contribution in [3.05, 3.63) is 55.5 Å². The van der Waals surface area contributed by atoms with Gasteiger partial charge >= 0.3 is 5.97 Å². The molecule has 0 aliphatic carbocycles. The fraction of sp³-hybridized carbons (Fsp3) is 0.593. The average molecular weight is 556 g/mol. The minimum Gasteiger partial charge on any atom is -0.499 e. The Morgan fingerprint density at radius 1 is 0.821 bits per heavy atom. The van der Waals surface area contributed by atoms with E-state index in [1.165, 1.54) is 12.5 Å². The number of carbonyl (C=O) groups excluding carboxylic acids is 1. The molecule has 0 spiro atoms. The molecule has 0 radical (unpaired) electrons. The third-order valence-electron chi connectivity index (χ3n) is 5.45. The van der Waals surface area contributed by atoms with Crippen LogP contribution in [0.15, 0.2) is 49.9 Å². The van der Waals surface area contributed by atoms with Gasteiger partial charge in [0, 0.05) is 18.8 Å². The quantitative estimate of drug-likeness (QED) is 0.143. The van der Waals surface area contributed by atoms with Gasteiger partial charge in [-0.3, -0.25) is 0 Å². The van der Waals surface area contributed by atoms with E-state index in [0.717, 1.165) is 18.8 Å². The van der Waals surface area contributed by atoms with Gasteiger partial charge < -0.3 is 53.4 Å². The molecule has 1 saturated heterocycles. The van der Waals surface area contributed by atoms with Crippen molar-refractivity contribution in [1.29, 1.82) is 0 Å². The topological polar surface area (TPSA) is 146 Å². The molecule has 3 N–H and O–H groups in total. The van der Waals surface area contributed by atoms with Gasteiger partial charge in [0.1, 0.15) is 44.2 Å². The number of carbonyl (C=O) groups is 1. The second-order valence-electron chi connectivity index (χ2n) is 8.74. The number of aliphatic hydroxyl groups excluding tert-OH is 3. The van der Waals surface area contributed by atoms with Crippen LogP contribution in [0.4, 0.5) is 5.69 Å². The monoisotopic (exact) mass is 555 g/mol. The van der Waals surface area contributed by atoms with E-state index in [-0.39, 0.29) is 52.9 Å². The van der Waals surface area contributed by atoms with Crippen LogP contribution in [0.1, 0.15) is 10.4 Å². The highest BCUT2D eigenvalue weighted by Crippen LogP contribution is 2.17. The van der Waals surface area contributed by atoms with E-state index in [0.29, 0.717) is 18.8 Å². The molecule has 4 atom stereocenters. The van der Waals surface area contributed by atoms with Crippen LogP contribution in [-0.4, -0.2) is 125 Å². The van der Waals surface area contributed by atoms with E-state index in [1.54, 1.807) is 12.1 Å². The van der Waals surface area contributed by atoms with Crippen LogP contribution in [0, 0.1) is 0 Å². The summed E-state index contributed by atoms with van der Waals surface area (Å²) in [5.41, 5.74) is 1.38. The van der Waals surface area contributed by atoms with E-state index in [1.807, 2.05) is 12.1 Å². The lowest BCUT2D eigenvalue weighted by molar-refractivity contribution is -0.106. The average Bonchev–Trinajstić information content (AvgIpc) is 2.96. The molecule has 1 aliphatic heterocycles. The molecular weight excluding hydrogens is 514 g/mol. The molecule has 12 nitrogen and oxygen atoms in total. The van der Waals surface area contributed by atoms with Crippen LogP contribution in [0.2, 0.25) is 0 Å². The Kier molecular flexibility index (Phi) is 16.1. The first-order valence-electron chi connectivity index (χ1n) is 12.8. The summed E-state index contributed by atoms with van der Waals surface area (Å²) < 4.78 is 37.0. The van der Waals surface area contributed by atoms with Crippen molar-refractivity contribution in [2.75, 3.05) is 84.1 Å². The van der Waals surface area contributed by atoms with Crippen LogP contribution in [0.5, 0.6) is 0 Å². The first-order chi connectivity index (χ1) is 18.9. The predicted octanol–water partition coefficient (Wildman–Crippen LogP) is 0.501. The Labute approximate surface area is 229 Å². The summed E-state index contributed by atoms with van der Waals surface area (Å²) in [5.74, 6) is -0.549. The molecule has 1 heterocycles. The number of nitrogens with zero attached hydrogens (tertiary/aromatic N) is 1. The number of hydrogen-bond donors (Lipinski definition) is 3. The maximum absolute atomic E-state index is 12.4. The van der Waals surface area contributed by atoms with Crippen molar-refractivity contribution in [2.24, 2.45) is 0 Å². The maximum atomic E-state index is 12.4. The molecular formula is C27H41NO11. The van der Waals surface area contributed by atoms with E-state index < -0.39 is 30.4 Å². The second-order valence-corrected chi connectivity index (χ2v) is 8.74. The summed E-state index contributed by atoms with van der Waals surface area (Å²) in [6.45, 7) is 9.42. The minimum atomic E-state index is -1.06.